The normalized spacial score (nSPS) is 24.1. The van der Waals surface area contributed by atoms with E-state index in [1.807, 2.05) is 18.2 Å². The van der Waals surface area contributed by atoms with Gasteiger partial charge >= 0.3 is 5.97 Å². The molecule has 0 aromatic heterocycles. The lowest BCUT2D eigenvalue weighted by molar-refractivity contribution is -0.157. The SMILES string of the molecule is C=C(C)C(C(=O)O)N1C(=O)C2N=C(Oc3ccccc3)SSC21. The first-order chi connectivity index (χ1) is 11.0. The van der Waals surface area contributed by atoms with Crippen LogP contribution in [0, 0.1) is 0 Å². The lowest BCUT2D eigenvalue weighted by atomic mass is 10.00. The van der Waals surface area contributed by atoms with Gasteiger partial charge in [-0.3, -0.25) is 4.79 Å². The number of nitrogens with zero attached hydrogens (tertiary/aromatic N) is 2. The van der Waals surface area contributed by atoms with E-state index >= 15 is 0 Å². The number of β-lactam (4-membered cyclic amide) rings is 1. The van der Waals surface area contributed by atoms with E-state index < -0.39 is 18.1 Å². The van der Waals surface area contributed by atoms with Crippen LogP contribution in [0.25, 0.3) is 0 Å². The van der Waals surface area contributed by atoms with E-state index in [1.165, 1.54) is 26.5 Å². The maximum atomic E-state index is 12.3. The standard InChI is InChI=1S/C15H14N2O4S2/c1-8(2)11(14(19)20)17-12(18)10-13(17)22-23-15(16-10)21-9-6-4-3-5-7-9/h3-7,10-11,13H,1H2,2H3,(H,19,20). The minimum absolute atomic E-state index is 0.312. The third-order valence-electron chi connectivity index (χ3n) is 3.44. The topological polar surface area (TPSA) is 79.2 Å². The summed E-state index contributed by atoms with van der Waals surface area (Å²) in [5.74, 6) is -0.746. The van der Waals surface area contributed by atoms with Gasteiger partial charge in [0.2, 0.25) is 0 Å². The highest BCUT2D eigenvalue weighted by molar-refractivity contribution is 8.82. The minimum atomic E-state index is -1.08. The molecular weight excluding hydrogens is 336 g/mol. The van der Waals surface area contributed by atoms with Gasteiger partial charge in [-0.2, -0.15) is 0 Å². The van der Waals surface area contributed by atoms with Gasteiger partial charge < -0.3 is 14.7 Å². The summed E-state index contributed by atoms with van der Waals surface area (Å²) >= 11 is 0. The van der Waals surface area contributed by atoms with E-state index in [2.05, 4.69) is 11.6 Å². The summed E-state index contributed by atoms with van der Waals surface area (Å²) in [6, 6.07) is 7.57. The number of para-hydroxylation sites is 1. The molecule has 8 heteroatoms. The first-order valence-corrected chi connectivity index (χ1v) is 9.04. The molecule has 2 aliphatic rings. The van der Waals surface area contributed by atoms with Gasteiger partial charge in [0.25, 0.3) is 11.1 Å². The summed E-state index contributed by atoms with van der Waals surface area (Å²) in [5, 5.41) is 9.39. The summed E-state index contributed by atoms with van der Waals surface area (Å²) in [6.07, 6.45) is 0. The van der Waals surface area contributed by atoms with Crippen LogP contribution in [0.3, 0.4) is 0 Å². The number of likely N-dealkylation sites (tertiary alicyclic amines) is 1. The fourth-order valence-electron chi connectivity index (χ4n) is 2.39. The van der Waals surface area contributed by atoms with Crippen molar-refractivity contribution in [1.82, 2.24) is 4.90 Å². The highest BCUT2D eigenvalue weighted by atomic mass is 33.1. The maximum absolute atomic E-state index is 12.3. The molecule has 3 atom stereocenters. The Kier molecular flexibility index (Phi) is 4.36. The van der Waals surface area contributed by atoms with Crippen molar-refractivity contribution in [2.24, 2.45) is 4.99 Å². The molecule has 3 rings (SSSR count). The Morgan fingerprint density at radius 3 is 2.74 bits per heavy atom. The number of fused-ring (bicyclic) bond motifs is 1. The first-order valence-electron chi connectivity index (χ1n) is 6.83. The van der Waals surface area contributed by atoms with Crippen molar-refractivity contribution in [3.8, 4) is 5.75 Å². The maximum Gasteiger partial charge on any atom is 0.330 e. The third kappa shape index (κ3) is 2.96. The van der Waals surface area contributed by atoms with Gasteiger partial charge in [0.15, 0.2) is 12.1 Å². The molecule has 1 saturated heterocycles. The predicted molar refractivity (Wildman–Crippen MR) is 90.3 cm³/mol. The van der Waals surface area contributed by atoms with Crippen molar-refractivity contribution >= 4 is 38.7 Å². The molecule has 2 heterocycles. The number of hydrogen-bond donors (Lipinski definition) is 1. The minimum Gasteiger partial charge on any atom is -0.479 e. The van der Waals surface area contributed by atoms with E-state index in [1.54, 1.807) is 19.1 Å². The van der Waals surface area contributed by atoms with Gasteiger partial charge in [0.05, 0.1) is 0 Å². The number of hydrogen-bond acceptors (Lipinski definition) is 6. The van der Waals surface area contributed by atoms with Crippen LogP contribution in [0.15, 0.2) is 47.5 Å². The molecule has 6 nitrogen and oxygen atoms in total. The van der Waals surface area contributed by atoms with Gasteiger partial charge in [-0.1, -0.05) is 35.6 Å². The van der Waals surface area contributed by atoms with Crippen LogP contribution in [0.1, 0.15) is 6.92 Å². The molecule has 0 aliphatic carbocycles. The number of rotatable bonds is 4. The highest BCUT2D eigenvalue weighted by Crippen LogP contribution is 2.45. The van der Waals surface area contributed by atoms with E-state index in [4.69, 9.17) is 4.74 Å². The monoisotopic (exact) mass is 350 g/mol. The fraction of sp³-hybridized carbons (Fsp3) is 0.267. The molecule has 1 aromatic carbocycles. The van der Waals surface area contributed by atoms with Crippen LogP contribution in [0.4, 0.5) is 0 Å². The molecule has 3 unspecified atom stereocenters. The Bertz CT molecular complexity index is 678. The van der Waals surface area contributed by atoms with E-state index in [0.29, 0.717) is 16.6 Å². The van der Waals surface area contributed by atoms with E-state index in [0.717, 1.165) is 0 Å². The Hall–Kier alpha value is -1.93. The summed E-state index contributed by atoms with van der Waals surface area (Å²) in [4.78, 5) is 29.3. The molecule has 120 valence electrons. The van der Waals surface area contributed by atoms with Crippen LogP contribution in [-0.2, 0) is 9.59 Å². The molecule has 0 spiro atoms. The molecule has 0 bridgehead atoms. The number of aliphatic carboxylic acids is 1. The lowest BCUT2D eigenvalue weighted by Crippen LogP contribution is -2.68. The number of aliphatic imine (C=N–C) groups is 1. The Labute approximate surface area is 141 Å². The van der Waals surface area contributed by atoms with Crippen LogP contribution in [0.2, 0.25) is 0 Å². The number of ether oxygens (including phenoxy) is 1. The van der Waals surface area contributed by atoms with Crippen molar-refractivity contribution < 1.29 is 19.4 Å². The summed E-state index contributed by atoms with van der Waals surface area (Å²) in [5.41, 5.74) is 0.421. The second kappa shape index (κ2) is 6.29. The molecular formula is C15H14N2O4S2. The largest absolute Gasteiger partial charge is 0.479 e. The Balaban J connectivity index is 1.74. The second-order valence-electron chi connectivity index (χ2n) is 5.16. The zero-order valence-electron chi connectivity index (χ0n) is 12.2. The van der Waals surface area contributed by atoms with Crippen LogP contribution in [-0.4, -0.2) is 44.6 Å². The predicted octanol–water partition coefficient (Wildman–Crippen LogP) is 2.38. The quantitative estimate of drug-likeness (QED) is 0.510. The molecule has 1 N–H and O–H groups in total. The van der Waals surface area contributed by atoms with E-state index in [9.17, 15) is 14.7 Å². The average molecular weight is 350 g/mol. The molecule has 2 aliphatic heterocycles. The van der Waals surface area contributed by atoms with Crippen LogP contribution < -0.4 is 4.74 Å². The fourth-order valence-corrected chi connectivity index (χ4v) is 4.82. The highest BCUT2D eigenvalue weighted by Gasteiger charge is 2.55. The van der Waals surface area contributed by atoms with Crippen molar-refractivity contribution in [1.29, 1.82) is 0 Å². The van der Waals surface area contributed by atoms with Crippen molar-refractivity contribution in [2.45, 2.75) is 24.4 Å². The average Bonchev–Trinajstić information content (AvgIpc) is 2.52. The third-order valence-corrected chi connectivity index (χ3v) is 5.86. The Morgan fingerprint density at radius 1 is 1.43 bits per heavy atom. The van der Waals surface area contributed by atoms with Gasteiger partial charge in [0.1, 0.15) is 11.1 Å². The van der Waals surface area contributed by atoms with Gasteiger partial charge in [-0.25, -0.2) is 9.79 Å². The summed E-state index contributed by atoms with van der Waals surface area (Å²) in [7, 11) is 2.67. The van der Waals surface area contributed by atoms with Gasteiger partial charge in [-0.05, 0) is 24.6 Å². The number of amides is 1. The first kappa shape index (κ1) is 15.9. The molecule has 0 saturated carbocycles. The molecule has 0 radical (unpaired) electrons. The van der Waals surface area contributed by atoms with Gasteiger partial charge in [0, 0.05) is 10.8 Å². The number of benzene rings is 1. The summed E-state index contributed by atoms with van der Waals surface area (Å²) in [6.45, 7) is 5.28. The second-order valence-corrected chi connectivity index (χ2v) is 7.43. The van der Waals surface area contributed by atoms with Crippen molar-refractivity contribution in [3.05, 3.63) is 42.5 Å². The lowest BCUT2D eigenvalue weighted by Gasteiger charge is -2.48. The number of carboxylic acid groups (broad SMARTS) is 1. The zero-order chi connectivity index (χ0) is 16.6. The number of carbonyl (C=O) groups excluding carboxylic acids is 1. The zero-order valence-corrected chi connectivity index (χ0v) is 13.8. The van der Waals surface area contributed by atoms with Gasteiger partial charge in [-0.15, -0.1) is 0 Å². The van der Waals surface area contributed by atoms with Crippen molar-refractivity contribution in [2.75, 3.05) is 0 Å². The van der Waals surface area contributed by atoms with Crippen molar-refractivity contribution in [3.63, 3.8) is 0 Å². The molecule has 23 heavy (non-hydrogen) atoms. The van der Waals surface area contributed by atoms with Crippen LogP contribution >= 0.6 is 21.6 Å². The smallest absolute Gasteiger partial charge is 0.330 e. The molecule has 1 fully saturated rings. The Morgan fingerprint density at radius 2 is 2.13 bits per heavy atom. The molecule has 1 amide bonds. The molecule has 1 aromatic rings. The van der Waals surface area contributed by atoms with Crippen LogP contribution in [0.5, 0.6) is 5.75 Å². The summed E-state index contributed by atoms with van der Waals surface area (Å²) < 4.78 is 5.63. The number of carboxylic acids is 1. The number of carbonyl (C=O) groups is 2. The van der Waals surface area contributed by atoms with E-state index in [-0.39, 0.29) is 11.3 Å².